The van der Waals surface area contributed by atoms with Crippen LogP contribution in [0, 0.1) is 0 Å². The largest absolute Gasteiger partial charge is 0.380 e. The Morgan fingerprint density at radius 1 is 1.50 bits per heavy atom. The molecule has 1 aromatic carbocycles. The van der Waals surface area contributed by atoms with Gasteiger partial charge in [0.25, 0.3) is 0 Å². The number of benzene rings is 1. The maximum absolute atomic E-state index is 12.1. The van der Waals surface area contributed by atoms with E-state index in [9.17, 15) is 8.42 Å². The molecule has 0 aromatic heterocycles. The van der Waals surface area contributed by atoms with Gasteiger partial charge in [-0.05, 0) is 24.1 Å². The lowest BCUT2D eigenvalue weighted by atomic mass is 10.2. The van der Waals surface area contributed by atoms with Crippen molar-refractivity contribution < 1.29 is 17.9 Å². The van der Waals surface area contributed by atoms with Gasteiger partial charge >= 0.3 is 0 Å². The average molecular weight is 271 g/mol. The van der Waals surface area contributed by atoms with Crippen LogP contribution in [0.4, 0.5) is 0 Å². The summed E-state index contributed by atoms with van der Waals surface area (Å²) < 4.78 is 37.1. The van der Waals surface area contributed by atoms with E-state index < -0.39 is 10.0 Å². The van der Waals surface area contributed by atoms with Crippen molar-refractivity contribution in [2.75, 3.05) is 20.3 Å². The molecule has 1 atom stereocenters. The molecule has 0 spiro atoms. The molecule has 2 rings (SSSR count). The zero-order valence-corrected chi connectivity index (χ0v) is 11.1. The van der Waals surface area contributed by atoms with E-state index in [4.69, 9.17) is 9.47 Å². The fourth-order valence-corrected chi connectivity index (χ4v) is 3.21. The Balaban J connectivity index is 2.15. The van der Waals surface area contributed by atoms with E-state index in [-0.39, 0.29) is 10.9 Å². The predicted octanol–water partition coefficient (Wildman–Crippen LogP) is 0.900. The van der Waals surface area contributed by atoms with Gasteiger partial charge in [-0.1, -0.05) is 12.1 Å². The zero-order chi connectivity index (χ0) is 13.0. The molecule has 1 heterocycles. The molecule has 5 nitrogen and oxygen atoms in total. The Hall–Kier alpha value is -0.950. The number of rotatable bonds is 5. The normalized spacial score (nSPS) is 20.2. The SMILES string of the molecule is COCc1cccc(S(=O)(=O)N[C@@H]2CCOC2)c1. The maximum Gasteiger partial charge on any atom is 0.240 e. The van der Waals surface area contributed by atoms with Crippen molar-refractivity contribution in [1.82, 2.24) is 4.72 Å². The molecule has 1 aliphatic rings. The highest BCUT2D eigenvalue weighted by atomic mass is 32.2. The third kappa shape index (κ3) is 3.29. The fraction of sp³-hybridized carbons (Fsp3) is 0.500. The lowest BCUT2D eigenvalue weighted by Crippen LogP contribution is -2.35. The van der Waals surface area contributed by atoms with Crippen LogP contribution in [0.5, 0.6) is 0 Å². The zero-order valence-electron chi connectivity index (χ0n) is 10.3. The minimum absolute atomic E-state index is 0.124. The molecule has 18 heavy (non-hydrogen) atoms. The minimum Gasteiger partial charge on any atom is -0.380 e. The molecule has 0 amide bonds. The summed E-state index contributed by atoms with van der Waals surface area (Å²) in [5.74, 6) is 0. The van der Waals surface area contributed by atoms with Crippen LogP contribution in [0.2, 0.25) is 0 Å². The van der Waals surface area contributed by atoms with E-state index in [1.165, 1.54) is 0 Å². The smallest absolute Gasteiger partial charge is 0.240 e. The predicted molar refractivity (Wildman–Crippen MR) is 66.7 cm³/mol. The Morgan fingerprint density at radius 2 is 2.33 bits per heavy atom. The number of hydrogen-bond acceptors (Lipinski definition) is 4. The topological polar surface area (TPSA) is 64.6 Å². The van der Waals surface area contributed by atoms with E-state index in [1.807, 2.05) is 6.07 Å². The van der Waals surface area contributed by atoms with E-state index in [0.29, 0.717) is 19.8 Å². The Kier molecular flexibility index (Phi) is 4.34. The first-order chi connectivity index (χ1) is 8.62. The number of sulfonamides is 1. The molecule has 0 bridgehead atoms. The molecule has 1 fully saturated rings. The van der Waals surface area contributed by atoms with Gasteiger partial charge in [-0.3, -0.25) is 0 Å². The lowest BCUT2D eigenvalue weighted by Gasteiger charge is -2.12. The Labute approximate surface area is 107 Å². The molecule has 100 valence electrons. The van der Waals surface area contributed by atoms with Crippen LogP contribution in [0.15, 0.2) is 29.2 Å². The van der Waals surface area contributed by atoms with Crippen LogP contribution in [0.1, 0.15) is 12.0 Å². The first kappa shape index (κ1) is 13.5. The molecule has 0 unspecified atom stereocenters. The summed E-state index contributed by atoms with van der Waals surface area (Å²) in [5, 5.41) is 0. The molecule has 1 aromatic rings. The minimum atomic E-state index is -3.47. The summed E-state index contributed by atoms with van der Waals surface area (Å²) in [7, 11) is -1.89. The van der Waals surface area contributed by atoms with Crippen molar-refractivity contribution in [2.45, 2.75) is 24.0 Å². The second kappa shape index (κ2) is 5.79. The molecule has 1 aliphatic heterocycles. The highest BCUT2D eigenvalue weighted by molar-refractivity contribution is 7.89. The first-order valence-corrected chi connectivity index (χ1v) is 7.28. The van der Waals surface area contributed by atoms with Gasteiger partial charge in [-0.25, -0.2) is 13.1 Å². The standard InChI is InChI=1S/C12H17NO4S/c1-16-8-10-3-2-4-12(7-10)18(14,15)13-11-5-6-17-9-11/h2-4,7,11,13H,5-6,8-9H2,1H3/t11-/m1/s1. The highest BCUT2D eigenvalue weighted by Crippen LogP contribution is 2.14. The monoisotopic (exact) mass is 271 g/mol. The van der Waals surface area contributed by atoms with Crippen molar-refractivity contribution >= 4 is 10.0 Å². The molecule has 1 N–H and O–H groups in total. The summed E-state index contributed by atoms with van der Waals surface area (Å²) in [6, 6.07) is 6.63. The van der Waals surface area contributed by atoms with Crippen molar-refractivity contribution in [2.24, 2.45) is 0 Å². The van der Waals surface area contributed by atoms with Gasteiger partial charge in [-0.15, -0.1) is 0 Å². The number of nitrogens with one attached hydrogen (secondary N) is 1. The quantitative estimate of drug-likeness (QED) is 0.864. The molecule has 1 saturated heterocycles. The van der Waals surface area contributed by atoms with Crippen molar-refractivity contribution in [3.63, 3.8) is 0 Å². The van der Waals surface area contributed by atoms with Gasteiger partial charge in [0.05, 0.1) is 18.1 Å². The van der Waals surface area contributed by atoms with Gasteiger partial charge < -0.3 is 9.47 Å². The summed E-state index contributed by atoms with van der Waals surface area (Å²) in [6.07, 6.45) is 0.719. The van der Waals surface area contributed by atoms with Crippen LogP contribution in [0.25, 0.3) is 0 Å². The van der Waals surface area contributed by atoms with E-state index in [0.717, 1.165) is 12.0 Å². The Bertz CT molecular complexity index is 495. The highest BCUT2D eigenvalue weighted by Gasteiger charge is 2.23. The lowest BCUT2D eigenvalue weighted by molar-refractivity contribution is 0.184. The molecule has 0 aliphatic carbocycles. The summed E-state index contributed by atoms with van der Waals surface area (Å²) in [4.78, 5) is 0.268. The second-order valence-corrected chi connectivity index (χ2v) is 5.98. The number of methoxy groups -OCH3 is 1. The average Bonchev–Trinajstić information content (AvgIpc) is 2.82. The number of hydrogen-bond donors (Lipinski definition) is 1. The third-order valence-corrected chi connectivity index (χ3v) is 4.29. The van der Waals surface area contributed by atoms with Crippen molar-refractivity contribution in [1.29, 1.82) is 0 Å². The maximum atomic E-state index is 12.1. The molecule has 0 radical (unpaired) electrons. The Morgan fingerprint density at radius 3 is 3.00 bits per heavy atom. The van der Waals surface area contributed by atoms with Crippen LogP contribution >= 0.6 is 0 Å². The van der Waals surface area contributed by atoms with Crippen LogP contribution in [-0.2, 0) is 26.1 Å². The first-order valence-electron chi connectivity index (χ1n) is 5.80. The van der Waals surface area contributed by atoms with Gasteiger partial charge in [0.2, 0.25) is 10.0 Å². The molecular weight excluding hydrogens is 254 g/mol. The van der Waals surface area contributed by atoms with Crippen LogP contribution < -0.4 is 4.72 Å². The van der Waals surface area contributed by atoms with Gasteiger partial charge in [0, 0.05) is 19.8 Å². The van der Waals surface area contributed by atoms with Crippen molar-refractivity contribution in [3.8, 4) is 0 Å². The van der Waals surface area contributed by atoms with Crippen LogP contribution in [-0.4, -0.2) is 34.8 Å². The molecular formula is C12H17NO4S. The van der Waals surface area contributed by atoms with Crippen LogP contribution in [0.3, 0.4) is 0 Å². The number of ether oxygens (including phenoxy) is 2. The van der Waals surface area contributed by atoms with E-state index >= 15 is 0 Å². The third-order valence-electron chi connectivity index (χ3n) is 2.77. The van der Waals surface area contributed by atoms with Gasteiger partial charge in [0.15, 0.2) is 0 Å². The molecule has 6 heteroatoms. The fourth-order valence-electron chi connectivity index (χ4n) is 1.88. The summed E-state index contributed by atoms with van der Waals surface area (Å²) >= 11 is 0. The summed E-state index contributed by atoms with van der Waals surface area (Å²) in [6.45, 7) is 1.45. The molecule has 0 saturated carbocycles. The van der Waals surface area contributed by atoms with Crippen molar-refractivity contribution in [3.05, 3.63) is 29.8 Å². The van der Waals surface area contributed by atoms with E-state index in [1.54, 1.807) is 25.3 Å². The second-order valence-electron chi connectivity index (χ2n) is 4.26. The van der Waals surface area contributed by atoms with Gasteiger partial charge in [-0.2, -0.15) is 0 Å². The van der Waals surface area contributed by atoms with Gasteiger partial charge in [0.1, 0.15) is 0 Å². The van der Waals surface area contributed by atoms with E-state index in [2.05, 4.69) is 4.72 Å². The summed E-state index contributed by atoms with van der Waals surface area (Å²) in [5.41, 5.74) is 0.836.